The molecule has 1 aliphatic rings. The lowest BCUT2D eigenvalue weighted by molar-refractivity contribution is 0.0455. The maximum atomic E-state index is 6.07. The third-order valence-electron chi connectivity index (χ3n) is 2.58. The van der Waals surface area contributed by atoms with Crippen LogP contribution in [0, 0.1) is 0 Å². The molecule has 1 aromatic rings. The van der Waals surface area contributed by atoms with Gasteiger partial charge in [0.05, 0.1) is 18.5 Å². The van der Waals surface area contributed by atoms with Crippen molar-refractivity contribution in [3.8, 4) is 0 Å². The predicted molar refractivity (Wildman–Crippen MR) is 71.8 cm³/mol. The first-order valence-electron chi connectivity index (χ1n) is 5.30. The zero-order valence-electron chi connectivity index (χ0n) is 9.50. The smallest absolute Gasteiger partial charge is 0.0611 e. The van der Waals surface area contributed by atoms with E-state index in [1.807, 2.05) is 25.6 Å². The highest BCUT2D eigenvalue weighted by Crippen LogP contribution is 2.35. The summed E-state index contributed by atoms with van der Waals surface area (Å²) in [5, 5.41) is 0.605. The fraction of sp³-hybridized carbons (Fsp3) is 0.500. The van der Waals surface area contributed by atoms with E-state index < -0.39 is 0 Å². The van der Waals surface area contributed by atoms with Crippen molar-refractivity contribution in [3.05, 3.63) is 28.2 Å². The maximum absolute atomic E-state index is 6.07. The number of ether oxygens (including phenoxy) is 1. The second-order valence-corrected chi connectivity index (χ2v) is 6.84. The van der Waals surface area contributed by atoms with Crippen LogP contribution >= 0.6 is 27.7 Å². The van der Waals surface area contributed by atoms with Crippen LogP contribution in [0.4, 0.5) is 0 Å². The zero-order chi connectivity index (χ0) is 11.8. The molecule has 88 valence electrons. The minimum Gasteiger partial charge on any atom is -0.379 e. The Balaban J connectivity index is 2.15. The number of halogens is 1. The molecule has 4 heteroatoms. The highest BCUT2D eigenvalue weighted by Gasteiger charge is 2.21. The van der Waals surface area contributed by atoms with E-state index in [0.717, 1.165) is 23.2 Å². The molecule has 1 aromatic carbocycles. The van der Waals surface area contributed by atoms with Crippen LogP contribution in [0.15, 0.2) is 27.6 Å². The Morgan fingerprint density at radius 3 is 2.56 bits per heavy atom. The first kappa shape index (κ1) is 12.4. The molecule has 0 aliphatic carbocycles. The Labute approximate surface area is 109 Å². The minimum absolute atomic E-state index is 0.286. The van der Waals surface area contributed by atoms with Crippen molar-refractivity contribution < 1.29 is 4.74 Å². The van der Waals surface area contributed by atoms with E-state index >= 15 is 0 Å². The molecule has 2 nitrogen and oxygen atoms in total. The molecule has 1 saturated heterocycles. The van der Waals surface area contributed by atoms with Crippen molar-refractivity contribution in [2.45, 2.75) is 29.5 Å². The van der Waals surface area contributed by atoms with Gasteiger partial charge in [0.25, 0.3) is 0 Å². The van der Waals surface area contributed by atoms with Crippen molar-refractivity contribution in [3.63, 3.8) is 0 Å². The molecule has 0 aromatic heterocycles. The van der Waals surface area contributed by atoms with Gasteiger partial charge in [0.2, 0.25) is 0 Å². The molecule has 0 unspecified atom stereocenters. The van der Waals surface area contributed by atoms with Crippen LogP contribution in [0.25, 0.3) is 0 Å². The highest BCUT2D eigenvalue weighted by molar-refractivity contribution is 9.10. The molecule has 2 N–H and O–H groups in total. The van der Waals surface area contributed by atoms with Gasteiger partial charge in [0.15, 0.2) is 0 Å². The molecule has 0 bridgehead atoms. The fourth-order valence-electron chi connectivity index (χ4n) is 1.46. The standard InChI is InChI=1S/C12H16BrNOS/c1-12(2,14)8-3-4-11(10(13)5-8)16-9-6-15-7-9/h3-5,9H,6-7,14H2,1-2H3. The van der Waals surface area contributed by atoms with Crippen molar-refractivity contribution in [2.24, 2.45) is 5.73 Å². The Morgan fingerprint density at radius 2 is 2.12 bits per heavy atom. The highest BCUT2D eigenvalue weighted by atomic mass is 79.9. The lowest BCUT2D eigenvalue weighted by Crippen LogP contribution is -2.30. The lowest BCUT2D eigenvalue weighted by atomic mass is 9.96. The molecule has 1 fully saturated rings. The quantitative estimate of drug-likeness (QED) is 0.931. The van der Waals surface area contributed by atoms with Gasteiger partial charge >= 0.3 is 0 Å². The van der Waals surface area contributed by atoms with Crippen molar-refractivity contribution in [1.29, 1.82) is 0 Å². The normalized spacial score (nSPS) is 17.2. The summed E-state index contributed by atoms with van der Waals surface area (Å²) in [5.41, 5.74) is 6.93. The molecule has 0 atom stereocenters. The minimum atomic E-state index is -0.286. The molecule has 0 saturated carbocycles. The first-order valence-corrected chi connectivity index (χ1v) is 6.97. The topological polar surface area (TPSA) is 35.2 Å². The van der Waals surface area contributed by atoms with Crippen LogP contribution in [-0.4, -0.2) is 18.5 Å². The summed E-state index contributed by atoms with van der Waals surface area (Å²) in [4.78, 5) is 1.27. The Bertz CT molecular complexity index is 385. The van der Waals surface area contributed by atoms with Gasteiger partial charge in [-0.25, -0.2) is 0 Å². The van der Waals surface area contributed by atoms with Gasteiger partial charge in [-0.2, -0.15) is 0 Å². The van der Waals surface area contributed by atoms with Crippen molar-refractivity contribution in [2.75, 3.05) is 13.2 Å². The van der Waals surface area contributed by atoms with Crippen LogP contribution in [0.5, 0.6) is 0 Å². The second kappa shape index (κ2) is 4.69. The van der Waals surface area contributed by atoms with Gasteiger partial charge in [-0.1, -0.05) is 6.07 Å². The number of thioether (sulfide) groups is 1. The molecular formula is C12H16BrNOS. The molecule has 16 heavy (non-hydrogen) atoms. The predicted octanol–water partition coefficient (Wildman–Crippen LogP) is 3.13. The molecule has 0 spiro atoms. The SMILES string of the molecule is CC(C)(N)c1ccc(SC2COC2)c(Br)c1. The van der Waals surface area contributed by atoms with Crippen LogP contribution in [0.3, 0.4) is 0 Å². The van der Waals surface area contributed by atoms with E-state index in [4.69, 9.17) is 10.5 Å². The molecule has 0 amide bonds. The molecule has 1 aliphatic heterocycles. The maximum Gasteiger partial charge on any atom is 0.0611 e. The summed E-state index contributed by atoms with van der Waals surface area (Å²) in [6, 6.07) is 6.35. The van der Waals surface area contributed by atoms with Gasteiger partial charge in [0.1, 0.15) is 0 Å². The van der Waals surface area contributed by atoms with Gasteiger partial charge in [0, 0.05) is 14.9 Å². The summed E-state index contributed by atoms with van der Waals surface area (Å²) in [7, 11) is 0. The number of hydrogen-bond acceptors (Lipinski definition) is 3. The molecule has 1 heterocycles. The Kier molecular flexibility index (Phi) is 3.64. The molecule has 2 rings (SSSR count). The summed E-state index contributed by atoms with van der Waals surface area (Å²) in [6.45, 7) is 5.76. The average molecular weight is 302 g/mol. The number of hydrogen-bond donors (Lipinski definition) is 1. The van der Waals surface area contributed by atoms with Gasteiger partial charge in [-0.15, -0.1) is 11.8 Å². The summed E-state index contributed by atoms with van der Waals surface area (Å²) < 4.78 is 6.29. The Hall–Kier alpha value is -0.0300. The summed E-state index contributed by atoms with van der Waals surface area (Å²) in [5.74, 6) is 0. The average Bonchev–Trinajstić information content (AvgIpc) is 2.11. The van der Waals surface area contributed by atoms with E-state index in [-0.39, 0.29) is 5.54 Å². The summed E-state index contributed by atoms with van der Waals surface area (Å²) >= 11 is 5.47. The van der Waals surface area contributed by atoms with E-state index in [1.165, 1.54) is 4.90 Å². The number of benzene rings is 1. The second-order valence-electron chi connectivity index (χ2n) is 4.64. The third kappa shape index (κ3) is 2.80. The number of rotatable bonds is 3. The largest absolute Gasteiger partial charge is 0.379 e. The van der Waals surface area contributed by atoms with E-state index in [1.54, 1.807) is 0 Å². The lowest BCUT2D eigenvalue weighted by Gasteiger charge is -2.26. The van der Waals surface area contributed by atoms with Crippen molar-refractivity contribution in [1.82, 2.24) is 0 Å². The van der Waals surface area contributed by atoms with Crippen LogP contribution in [0.1, 0.15) is 19.4 Å². The first-order chi connectivity index (χ1) is 7.47. The van der Waals surface area contributed by atoms with E-state index in [9.17, 15) is 0 Å². The van der Waals surface area contributed by atoms with Crippen LogP contribution in [0.2, 0.25) is 0 Å². The molecular weight excluding hydrogens is 286 g/mol. The molecule has 0 radical (unpaired) electrons. The fourth-order valence-corrected chi connectivity index (χ4v) is 3.12. The zero-order valence-corrected chi connectivity index (χ0v) is 11.9. The van der Waals surface area contributed by atoms with Crippen LogP contribution < -0.4 is 5.73 Å². The van der Waals surface area contributed by atoms with E-state index in [2.05, 4.69) is 34.1 Å². The summed E-state index contributed by atoms with van der Waals surface area (Å²) in [6.07, 6.45) is 0. The van der Waals surface area contributed by atoms with Gasteiger partial charge < -0.3 is 10.5 Å². The Morgan fingerprint density at radius 1 is 1.44 bits per heavy atom. The van der Waals surface area contributed by atoms with Crippen LogP contribution in [-0.2, 0) is 10.3 Å². The number of nitrogens with two attached hydrogens (primary N) is 1. The van der Waals surface area contributed by atoms with Gasteiger partial charge in [-0.05, 0) is 47.5 Å². The van der Waals surface area contributed by atoms with E-state index in [0.29, 0.717) is 5.25 Å². The van der Waals surface area contributed by atoms with Gasteiger partial charge in [-0.3, -0.25) is 0 Å². The monoisotopic (exact) mass is 301 g/mol. The third-order valence-corrected chi connectivity index (χ3v) is 4.71. The van der Waals surface area contributed by atoms with Crippen molar-refractivity contribution >= 4 is 27.7 Å².